The van der Waals surface area contributed by atoms with E-state index in [-0.39, 0.29) is 12.1 Å². The molecule has 0 atom stereocenters. The van der Waals surface area contributed by atoms with Gasteiger partial charge in [0.15, 0.2) is 0 Å². The van der Waals surface area contributed by atoms with E-state index in [0.29, 0.717) is 5.92 Å². The molecule has 0 radical (unpaired) electrons. The fraction of sp³-hybridized carbons (Fsp3) is 0.409. The lowest BCUT2D eigenvalue weighted by Crippen LogP contribution is -2.45. The summed E-state index contributed by atoms with van der Waals surface area (Å²) in [5.74, 6) is 0.499. The van der Waals surface area contributed by atoms with Crippen molar-refractivity contribution < 1.29 is 4.79 Å². The van der Waals surface area contributed by atoms with Crippen LogP contribution < -0.4 is 10.6 Å². The molecule has 2 N–H and O–H groups in total. The van der Waals surface area contributed by atoms with Crippen LogP contribution in [0.3, 0.4) is 0 Å². The van der Waals surface area contributed by atoms with Crippen molar-refractivity contribution in [2.24, 2.45) is 0 Å². The molecule has 2 aromatic carbocycles. The van der Waals surface area contributed by atoms with Gasteiger partial charge in [-0.1, -0.05) is 56.3 Å². The normalized spacial score (nSPS) is 15.8. The number of nitrogens with one attached hydrogen (secondary N) is 2. The quantitative estimate of drug-likeness (QED) is 0.827. The number of hydrogen-bond donors (Lipinski definition) is 2. The summed E-state index contributed by atoms with van der Waals surface area (Å²) in [5, 5.41) is 6.06. The molecule has 0 aromatic heterocycles. The second kappa shape index (κ2) is 8.86. The number of amides is 2. The maximum absolute atomic E-state index is 12.2. The van der Waals surface area contributed by atoms with Gasteiger partial charge in [0, 0.05) is 31.4 Å². The zero-order valence-electron chi connectivity index (χ0n) is 15.7. The van der Waals surface area contributed by atoms with Gasteiger partial charge in [0.1, 0.15) is 0 Å². The number of hydrogen-bond acceptors (Lipinski definition) is 2. The number of nitrogens with zero attached hydrogens (tertiary/aromatic N) is 1. The van der Waals surface area contributed by atoms with Crippen molar-refractivity contribution in [1.82, 2.24) is 10.2 Å². The van der Waals surface area contributed by atoms with E-state index in [1.807, 2.05) is 12.1 Å². The van der Waals surface area contributed by atoms with E-state index in [4.69, 9.17) is 0 Å². The van der Waals surface area contributed by atoms with Crippen LogP contribution in [0.2, 0.25) is 0 Å². The van der Waals surface area contributed by atoms with E-state index in [9.17, 15) is 4.79 Å². The highest BCUT2D eigenvalue weighted by Crippen LogP contribution is 2.18. The van der Waals surface area contributed by atoms with Gasteiger partial charge in [0.05, 0.1) is 0 Å². The van der Waals surface area contributed by atoms with Gasteiger partial charge in [-0.05, 0) is 42.0 Å². The smallest absolute Gasteiger partial charge is 0.319 e. The van der Waals surface area contributed by atoms with Gasteiger partial charge in [-0.2, -0.15) is 0 Å². The first-order valence-electron chi connectivity index (χ1n) is 9.54. The fourth-order valence-electron chi connectivity index (χ4n) is 3.38. The molecule has 4 nitrogen and oxygen atoms in total. The molecule has 1 heterocycles. The third-order valence-electron chi connectivity index (χ3n) is 5.01. The largest absolute Gasteiger partial charge is 0.335 e. The number of rotatable bonds is 5. The van der Waals surface area contributed by atoms with Crippen LogP contribution in [0.4, 0.5) is 10.5 Å². The second-order valence-corrected chi connectivity index (χ2v) is 7.41. The highest BCUT2D eigenvalue weighted by molar-refractivity contribution is 5.89. The molecule has 1 saturated heterocycles. The van der Waals surface area contributed by atoms with Crippen LogP contribution in [0.5, 0.6) is 0 Å². The van der Waals surface area contributed by atoms with Crippen LogP contribution in [0.25, 0.3) is 0 Å². The Labute approximate surface area is 156 Å². The number of likely N-dealkylation sites (tertiary alicyclic amines) is 1. The summed E-state index contributed by atoms with van der Waals surface area (Å²) in [4.78, 5) is 14.7. The highest BCUT2D eigenvalue weighted by Gasteiger charge is 2.20. The third-order valence-corrected chi connectivity index (χ3v) is 5.01. The molecular formula is C22H29N3O. The van der Waals surface area contributed by atoms with Gasteiger partial charge in [-0.25, -0.2) is 4.79 Å². The molecule has 3 rings (SSSR count). The molecule has 0 saturated carbocycles. The molecule has 2 aromatic rings. The lowest BCUT2D eigenvalue weighted by molar-refractivity contribution is 0.190. The van der Waals surface area contributed by atoms with Crippen molar-refractivity contribution in [3.63, 3.8) is 0 Å². The first kappa shape index (κ1) is 18.5. The zero-order chi connectivity index (χ0) is 18.4. The summed E-state index contributed by atoms with van der Waals surface area (Å²) in [6.45, 7) is 7.35. The number of carbonyl (C=O) groups is 1. The van der Waals surface area contributed by atoms with Crippen LogP contribution >= 0.6 is 0 Å². The molecule has 0 unspecified atom stereocenters. The molecule has 0 aliphatic carbocycles. The Hall–Kier alpha value is -2.33. The van der Waals surface area contributed by atoms with Gasteiger partial charge in [0.2, 0.25) is 0 Å². The predicted molar refractivity (Wildman–Crippen MR) is 107 cm³/mol. The third kappa shape index (κ3) is 5.33. The van der Waals surface area contributed by atoms with Crippen LogP contribution in [-0.4, -0.2) is 30.1 Å². The zero-order valence-corrected chi connectivity index (χ0v) is 15.7. The molecule has 1 aliphatic rings. The Kier molecular flexibility index (Phi) is 6.29. The molecule has 1 aliphatic heterocycles. The first-order chi connectivity index (χ1) is 12.6. The maximum Gasteiger partial charge on any atom is 0.319 e. The summed E-state index contributed by atoms with van der Waals surface area (Å²) >= 11 is 0. The minimum absolute atomic E-state index is 0.108. The van der Waals surface area contributed by atoms with Crippen molar-refractivity contribution in [2.45, 2.75) is 45.2 Å². The Bertz CT molecular complexity index is 689. The van der Waals surface area contributed by atoms with Crippen LogP contribution in [0.15, 0.2) is 54.6 Å². The van der Waals surface area contributed by atoms with Crippen molar-refractivity contribution in [3.8, 4) is 0 Å². The first-order valence-corrected chi connectivity index (χ1v) is 9.54. The number of piperidine rings is 1. The summed E-state index contributed by atoms with van der Waals surface area (Å²) < 4.78 is 0. The SMILES string of the molecule is CC(C)c1ccc(NC(=O)NC2CCN(Cc3ccccc3)CC2)cc1. The number of benzene rings is 2. The average molecular weight is 351 g/mol. The van der Waals surface area contributed by atoms with Gasteiger partial charge in [-0.15, -0.1) is 0 Å². The minimum Gasteiger partial charge on any atom is -0.335 e. The van der Waals surface area contributed by atoms with Crippen LogP contribution in [-0.2, 0) is 6.54 Å². The van der Waals surface area contributed by atoms with E-state index in [2.05, 4.69) is 71.8 Å². The number of anilines is 1. The fourth-order valence-corrected chi connectivity index (χ4v) is 3.38. The topological polar surface area (TPSA) is 44.4 Å². The van der Waals surface area contributed by atoms with Gasteiger partial charge < -0.3 is 10.6 Å². The van der Waals surface area contributed by atoms with Crippen molar-refractivity contribution in [1.29, 1.82) is 0 Å². The summed E-state index contributed by atoms with van der Waals surface area (Å²) in [5.41, 5.74) is 3.47. The lowest BCUT2D eigenvalue weighted by atomic mass is 10.0. The molecule has 4 heteroatoms. The summed E-state index contributed by atoms with van der Waals surface area (Å²) in [6.07, 6.45) is 1.99. The Morgan fingerprint density at radius 2 is 1.69 bits per heavy atom. The molecule has 26 heavy (non-hydrogen) atoms. The van der Waals surface area contributed by atoms with E-state index >= 15 is 0 Å². The van der Waals surface area contributed by atoms with Crippen molar-refractivity contribution in [3.05, 3.63) is 65.7 Å². The molecular weight excluding hydrogens is 322 g/mol. The molecule has 0 bridgehead atoms. The van der Waals surface area contributed by atoms with Crippen LogP contribution in [0, 0.1) is 0 Å². The van der Waals surface area contributed by atoms with E-state index in [0.717, 1.165) is 38.2 Å². The number of carbonyl (C=O) groups excluding carboxylic acids is 1. The van der Waals surface area contributed by atoms with Crippen molar-refractivity contribution >= 4 is 11.7 Å². The van der Waals surface area contributed by atoms with Gasteiger partial charge >= 0.3 is 6.03 Å². The minimum atomic E-state index is -0.108. The molecule has 2 amide bonds. The Morgan fingerprint density at radius 1 is 1.04 bits per heavy atom. The monoisotopic (exact) mass is 351 g/mol. The van der Waals surface area contributed by atoms with Crippen molar-refractivity contribution in [2.75, 3.05) is 18.4 Å². The maximum atomic E-state index is 12.2. The molecule has 1 fully saturated rings. The average Bonchev–Trinajstić information content (AvgIpc) is 2.64. The standard InChI is InChI=1S/C22H29N3O/c1-17(2)19-8-10-20(11-9-19)23-22(26)24-21-12-14-25(15-13-21)16-18-6-4-3-5-7-18/h3-11,17,21H,12-16H2,1-2H3,(H2,23,24,26). The molecule has 0 spiro atoms. The summed E-state index contributed by atoms with van der Waals surface area (Å²) in [7, 11) is 0. The summed E-state index contributed by atoms with van der Waals surface area (Å²) in [6, 6.07) is 18.8. The van der Waals surface area contributed by atoms with E-state index in [1.54, 1.807) is 0 Å². The van der Waals surface area contributed by atoms with Gasteiger partial charge in [-0.3, -0.25) is 4.90 Å². The number of urea groups is 1. The van der Waals surface area contributed by atoms with E-state index < -0.39 is 0 Å². The highest BCUT2D eigenvalue weighted by atomic mass is 16.2. The molecule has 138 valence electrons. The predicted octanol–water partition coefficient (Wildman–Crippen LogP) is 4.60. The van der Waals surface area contributed by atoms with Crippen LogP contribution in [0.1, 0.15) is 43.7 Å². The van der Waals surface area contributed by atoms with Gasteiger partial charge in [0.25, 0.3) is 0 Å². The Morgan fingerprint density at radius 3 is 2.31 bits per heavy atom. The second-order valence-electron chi connectivity index (χ2n) is 7.41. The Balaban J connectivity index is 1.41. The lowest BCUT2D eigenvalue weighted by Gasteiger charge is -2.32. The van der Waals surface area contributed by atoms with E-state index in [1.165, 1.54) is 11.1 Å².